The summed E-state index contributed by atoms with van der Waals surface area (Å²) in [6.45, 7) is 2.73. The van der Waals surface area contributed by atoms with Crippen molar-refractivity contribution in [3.8, 4) is 11.5 Å². The van der Waals surface area contributed by atoms with Crippen molar-refractivity contribution in [3.05, 3.63) is 83.0 Å². The second kappa shape index (κ2) is 9.01. The molecular formula is C22H23N3O3. The summed E-state index contributed by atoms with van der Waals surface area (Å²) < 4.78 is 10.9. The van der Waals surface area contributed by atoms with E-state index in [9.17, 15) is 4.79 Å². The smallest absolute Gasteiger partial charge is 0.255 e. The first-order valence-electron chi connectivity index (χ1n) is 8.92. The van der Waals surface area contributed by atoms with Gasteiger partial charge in [0, 0.05) is 13.7 Å². The first kappa shape index (κ1) is 19.4. The molecule has 1 aromatic heterocycles. The number of methoxy groups -OCH3 is 1. The molecule has 0 aliphatic heterocycles. The number of anilines is 1. The number of hydrogen-bond acceptors (Lipinski definition) is 5. The van der Waals surface area contributed by atoms with Crippen LogP contribution in [0, 0.1) is 6.92 Å². The number of amides is 1. The number of aryl methyl sites for hydroxylation is 1. The fourth-order valence-corrected chi connectivity index (χ4v) is 2.69. The van der Waals surface area contributed by atoms with Gasteiger partial charge in [-0.2, -0.15) is 0 Å². The standard InChI is InChI=1S/C22H23N3O3/c1-15-5-3-4-6-20(15)28-18-10-7-16(8-11-18)13-24-22(26)19-12-9-17(14-27-2)25-21(19)23/h3-12H,13-14H2,1-2H3,(H2,23,25)(H,24,26). The fourth-order valence-electron chi connectivity index (χ4n) is 2.69. The Morgan fingerprint density at radius 2 is 1.82 bits per heavy atom. The number of nitrogen functional groups attached to an aromatic ring is 1. The molecule has 0 bridgehead atoms. The minimum Gasteiger partial charge on any atom is -0.457 e. The zero-order chi connectivity index (χ0) is 19.9. The van der Waals surface area contributed by atoms with E-state index in [2.05, 4.69) is 10.3 Å². The molecule has 144 valence electrons. The van der Waals surface area contributed by atoms with Crippen LogP contribution in [0.2, 0.25) is 0 Å². The monoisotopic (exact) mass is 377 g/mol. The maximum absolute atomic E-state index is 12.4. The summed E-state index contributed by atoms with van der Waals surface area (Å²) in [6.07, 6.45) is 0. The SMILES string of the molecule is COCc1ccc(C(=O)NCc2ccc(Oc3ccccc3C)cc2)c(N)n1. The van der Waals surface area contributed by atoms with E-state index < -0.39 is 0 Å². The molecule has 0 atom stereocenters. The first-order chi connectivity index (χ1) is 13.6. The second-order valence-corrected chi connectivity index (χ2v) is 6.36. The number of nitrogens with zero attached hydrogens (tertiary/aromatic N) is 1. The highest BCUT2D eigenvalue weighted by Crippen LogP contribution is 2.24. The lowest BCUT2D eigenvalue weighted by atomic mass is 10.2. The summed E-state index contributed by atoms with van der Waals surface area (Å²) in [5.74, 6) is 1.48. The van der Waals surface area contributed by atoms with Gasteiger partial charge in [-0.15, -0.1) is 0 Å². The van der Waals surface area contributed by atoms with Crippen molar-refractivity contribution in [2.75, 3.05) is 12.8 Å². The molecule has 0 aliphatic carbocycles. The van der Waals surface area contributed by atoms with Gasteiger partial charge in [-0.3, -0.25) is 4.79 Å². The normalized spacial score (nSPS) is 10.5. The van der Waals surface area contributed by atoms with Gasteiger partial charge in [0.05, 0.1) is 17.9 Å². The van der Waals surface area contributed by atoms with Crippen molar-refractivity contribution in [2.45, 2.75) is 20.1 Å². The predicted octanol–water partition coefficient (Wildman–Crippen LogP) is 3.84. The number of nitrogens with two attached hydrogens (primary N) is 1. The summed E-state index contributed by atoms with van der Waals surface area (Å²) in [4.78, 5) is 16.5. The minimum absolute atomic E-state index is 0.189. The molecule has 3 rings (SSSR count). The lowest BCUT2D eigenvalue weighted by molar-refractivity contribution is 0.0951. The maximum Gasteiger partial charge on any atom is 0.255 e. The van der Waals surface area contributed by atoms with E-state index in [0.717, 1.165) is 22.6 Å². The molecule has 1 amide bonds. The number of rotatable bonds is 7. The Balaban J connectivity index is 1.59. The van der Waals surface area contributed by atoms with Gasteiger partial charge in [0.2, 0.25) is 0 Å². The number of carbonyl (C=O) groups excluding carboxylic acids is 1. The number of carbonyl (C=O) groups is 1. The Morgan fingerprint density at radius 3 is 2.50 bits per heavy atom. The highest BCUT2D eigenvalue weighted by molar-refractivity contribution is 5.98. The molecule has 0 saturated heterocycles. The first-order valence-corrected chi connectivity index (χ1v) is 8.92. The molecule has 0 aliphatic rings. The van der Waals surface area contributed by atoms with Crippen LogP contribution in [0.4, 0.5) is 5.82 Å². The quantitative estimate of drug-likeness (QED) is 0.653. The average Bonchev–Trinajstić information content (AvgIpc) is 2.69. The number of pyridine rings is 1. The second-order valence-electron chi connectivity index (χ2n) is 6.36. The molecule has 28 heavy (non-hydrogen) atoms. The van der Waals surface area contributed by atoms with Crippen LogP contribution < -0.4 is 15.8 Å². The number of aromatic nitrogens is 1. The minimum atomic E-state index is -0.269. The lowest BCUT2D eigenvalue weighted by Gasteiger charge is -2.10. The molecule has 6 nitrogen and oxygen atoms in total. The molecule has 3 N–H and O–H groups in total. The van der Waals surface area contributed by atoms with Crippen LogP contribution in [0.3, 0.4) is 0 Å². The van der Waals surface area contributed by atoms with Crippen molar-refractivity contribution < 1.29 is 14.3 Å². The summed E-state index contributed by atoms with van der Waals surface area (Å²) in [5, 5.41) is 2.85. The van der Waals surface area contributed by atoms with E-state index >= 15 is 0 Å². The summed E-state index contributed by atoms with van der Waals surface area (Å²) in [5.41, 5.74) is 8.93. The topological polar surface area (TPSA) is 86.5 Å². The van der Waals surface area contributed by atoms with Crippen molar-refractivity contribution in [1.29, 1.82) is 0 Å². The van der Waals surface area contributed by atoms with Gasteiger partial charge in [-0.25, -0.2) is 4.98 Å². The largest absolute Gasteiger partial charge is 0.457 e. The average molecular weight is 377 g/mol. The van der Waals surface area contributed by atoms with Crippen molar-refractivity contribution in [3.63, 3.8) is 0 Å². The van der Waals surface area contributed by atoms with E-state index in [1.54, 1.807) is 19.2 Å². The Morgan fingerprint density at radius 1 is 1.07 bits per heavy atom. The Kier molecular flexibility index (Phi) is 6.24. The van der Waals surface area contributed by atoms with Crippen molar-refractivity contribution in [1.82, 2.24) is 10.3 Å². The van der Waals surface area contributed by atoms with Crippen LogP contribution in [-0.4, -0.2) is 18.0 Å². The third kappa shape index (κ3) is 4.86. The van der Waals surface area contributed by atoms with E-state index in [1.165, 1.54) is 0 Å². The van der Waals surface area contributed by atoms with E-state index in [1.807, 2.05) is 55.5 Å². The number of nitrogens with one attached hydrogen (secondary N) is 1. The third-order valence-corrected chi connectivity index (χ3v) is 4.22. The molecular weight excluding hydrogens is 354 g/mol. The zero-order valence-corrected chi connectivity index (χ0v) is 15.9. The summed E-state index contributed by atoms with van der Waals surface area (Å²) in [6, 6.07) is 18.8. The molecule has 0 unspecified atom stereocenters. The van der Waals surface area contributed by atoms with Crippen LogP contribution in [0.5, 0.6) is 11.5 Å². The molecule has 6 heteroatoms. The van der Waals surface area contributed by atoms with Crippen LogP contribution in [0.1, 0.15) is 27.2 Å². The van der Waals surface area contributed by atoms with E-state index in [0.29, 0.717) is 24.4 Å². The number of ether oxygens (including phenoxy) is 2. The molecule has 0 fully saturated rings. The number of para-hydroxylation sites is 1. The van der Waals surface area contributed by atoms with Crippen molar-refractivity contribution in [2.24, 2.45) is 0 Å². The van der Waals surface area contributed by atoms with Crippen LogP contribution in [0.25, 0.3) is 0 Å². The van der Waals surface area contributed by atoms with E-state index in [-0.39, 0.29) is 11.7 Å². The number of benzene rings is 2. The highest BCUT2D eigenvalue weighted by Gasteiger charge is 2.11. The fraction of sp³-hybridized carbons (Fsp3) is 0.182. The van der Waals surface area contributed by atoms with E-state index in [4.69, 9.17) is 15.2 Å². The lowest BCUT2D eigenvalue weighted by Crippen LogP contribution is -2.24. The zero-order valence-electron chi connectivity index (χ0n) is 15.9. The third-order valence-electron chi connectivity index (χ3n) is 4.22. The Bertz CT molecular complexity index is 955. The van der Waals surface area contributed by atoms with Gasteiger partial charge >= 0.3 is 0 Å². The Hall–Kier alpha value is -3.38. The molecule has 0 radical (unpaired) electrons. The maximum atomic E-state index is 12.4. The van der Waals surface area contributed by atoms with Gasteiger partial charge in [-0.05, 0) is 48.4 Å². The predicted molar refractivity (Wildman–Crippen MR) is 108 cm³/mol. The highest BCUT2D eigenvalue weighted by atomic mass is 16.5. The van der Waals surface area contributed by atoms with Gasteiger partial charge < -0.3 is 20.5 Å². The van der Waals surface area contributed by atoms with Gasteiger partial charge in [0.15, 0.2) is 0 Å². The van der Waals surface area contributed by atoms with Crippen LogP contribution >= 0.6 is 0 Å². The number of hydrogen-bond donors (Lipinski definition) is 2. The summed E-state index contributed by atoms with van der Waals surface area (Å²) in [7, 11) is 1.58. The van der Waals surface area contributed by atoms with Crippen LogP contribution in [-0.2, 0) is 17.9 Å². The van der Waals surface area contributed by atoms with Crippen LogP contribution in [0.15, 0.2) is 60.7 Å². The molecule has 3 aromatic rings. The van der Waals surface area contributed by atoms with Gasteiger partial charge in [0.1, 0.15) is 17.3 Å². The Labute approximate surface area is 164 Å². The molecule has 0 saturated carbocycles. The van der Waals surface area contributed by atoms with Crippen molar-refractivity contribution >= 4 is 11.7 Å². The molecule has 0 spiro atoms. The van der Waals surface area contributed by atoms with Gasteiger partial charge in [0.25, 0.3) is 5.91 Å². The van der Waals surface area contributed by atoms with Gasteiger partial charge in [-0.1, -0.05) is 30.3 Å². The molecule has 2 aromatic carbocycles. The summed E-state index contributed by atoms with van der Waals surface area (Å²) >= 11 is 0. The molecule has 1 heterocycles.